The number of anilines is 1. The third-order valence-electron chi connectivity index (χ3n) is 5.37. The molecular formula is C20H21ClN2OS. The molecule has 1 aromatic heterocycles. The van der Waals surface area contributed by atoms with Crippen molar-refractivity contribution in [3.63, 3.8) is 0 Å². The monoisotopic (exact) mass is 372 g/mol. The fourth-order valence-electron chi connectivity index (χ4n) is 4.39. The van der Waals surface area contributed by atoms with Gasteiger partial charge in [-0.05, 0) is 36.0 Å². The number of aromatic nitrogens is 1. The molecule has 1 atom stereocenters. The van der Waals surface area contributed by atoms with E-state index < -0.39 is 5.41 Å². The van der Waals surface area contributed by atoms with E-state index in [4.69, 9.17) is 11.6 Å². The van der Waals surface area contributed by atoms with Gasteiger partial charge in [0.1, 0.15) is 5.82 Å². The molecule has 4 rings (SSSR count). The molecule has 0 amide bonds. The molecule has 0 unspecified atom stereocenters. The lowest BCUT2D eigenvalue weighted by Crippen LogP contribution is -2.42. The Kier molecular flexibility index (Phi) is 3.82. The van der Waals surface area contributed by atoms with Crippen LogP contribution in [0.3, 0.4) is 0 Å². The van der Waals surface area contributed by atoms with E-state index in [0.29, 0.717) is 11.4 Å². The van der Waals surface area contributed by atoms with Crippen LogP contribution in [0.4, 0.5) is 5.82 Å². The Bertz CT molecular complexity index is 899. The normalized spacial score (nSPS) is 24.6. The molecule has 2 heterocycles. The van der Waals surface area contributed by atoms with Crippen molar-refractivity contribution in [1.82, 2.24) is 4.98 Å². The van der Waals surface area contributed by atoms with Gasteiger partial charge in [-0.15, -0.1) is 11.3 Å². The summed E-state index contributed by atoms with van der Waals surface area (Å²) in [6.07, 6.45) is 2.23. The zero-order valence-corrected chi connectivity index (χ0v) is 16.2. The first kappa shape index (κ1) is 16.8. The quantitative estimate of drug-likeness (QED) is 0.750. The Morgan fingerprint density at radius 1 is 1.32 bits per heavy atom. The van der Waals surface area contributed by atoms with Crippen molar-refractivity contribution in [2.75, 3.05) is 5.32 Å². The van der Waals surface area contributed by atoms with Gasteiger partial charge in [0.15, 0.2) is 5.78 Å². The maximum Gasteiger partial charge on any atom is 0.162 e. The summed E-state index contributed by atoms with van der Waals surface area (Å²) in [7, 11) is 0. The maximum absolute atomic E-state index is 13.3. The SMILES string of the molecule is CC[C@]1(c2cccc(Cl)c2)C2=C(CC(C)(C)CC2=O)Nc2ncsc21. The summed E-state index contributed by atoms with van der Waals surface area (Å²) in [6.45, 7) is 6.45. The van der Waals surface area contributed by atoms with Crippen LogP contribution in [0.1, 0.15) is 50.5 Å². The number of ketones is 1. The van der Waals surface area contributed by atoms with Crippen LogP contribution in [0, 0.1) is 5.41 Å². The molecule has 1 aliphatic carbocycles. The zero-order chi connectivity index (χ0) is 17.8. The molecule has 1 aliphatic heterocycles. The first-order chi connectivity index (χ1) is 11.9. The number of carbonyl (C=O) groups is 1. The molecule has 0 saturated heterocycles. The molecule has 0 saturated carbocycles. The summed E-state index contributed by atoms with van der Waals surface area (Å²) in [5, 5.41) is 4.16. The van der Waals surface area contributed by atoms with Gasteiger partial charge in [0, 0.05) is 22.7 Å². The fourth-order valence-corrected chi connectivity index (χ4v) is 5.62. The van der Waals surface area contributed by atoms with Crippen LogP contribution in [-0.4, -0.2) is 10.8 Å². The van der Waals surface area contributed by atoms with Crippen molar-refractivity contribution in [3.8, 4) is 0 Å². The van der Waals surface area contributed by atoms with Crippen molar-refractivity contribution >= 4 is 34.5 Å². The van der Waals surface area contributed by atoms with E-state index >= 15 is 0 Å². The van der Waals surface area contributed by atoms with E-state index in [0.717, 1.165) is 40.4 Å². The van der Waals surface area contributed by atoms with E-state index in [1.54, 1.807) is 11.3 Å². The summed E-state index contributed by atoms with van der Waals surface area (Å²) < 4.78 is 0. The number of thiazole rings is 1. The average Bonchev–Trinajstić information content (AvgIpc) is 3.00. The van der Waals surface area contributed by atoms with Crippen LogP contribution in [-0.2, 0) is 10.2 Å². The van der Waals surface area contributed by atoms with Crippen LogP contribution in [0.2, 0.25) is 5.02 Å². The number of hydrogen-bond donors (Lipinski definition) is 1. The topological polar surface area (TPSA) is 42.0 Å². The van der Waals surface area contributed by atoms with Gasteiger partial charge < -0.3 is 5.32 Å². The summed E-state index contributed by atoms with van der Waals surface area (Å²) >= 11 is 7.92. The van der Waals surface area contributed by atoms with Gasteiger partial charge in [-0.2, -0.15) is 0 Å². The first-order valence-electron chi connectivity index (χ1n) is 8.61. The number of fused-ring (bicyclic) bond motifs is 1. The minimum atomic E-state index is -0.463. The Morgan fingerprint density at radius 2 is 2.12 bits per heavy atom. The number of nitrogens with one attached hydrogen (secondary N) is 1. The molecule has 5 heteroatoms. The lowest BCUT2D eigenvalue weighted by molar-refractivity contribution is -0.118. The number of benzene rings is 1. The standard InChI is InChI=1S/C20H21ClN2OS/c1-4-20(12-6-5-7-13(21)8-12)16-14(9-19(2,3)10-15(16)24)23-18-17(20)25-11-22-18/h5-8,11,23H,4,9-10H2,1-3H3/t20-/m0/s1. The highest BCUT2D eigenvalue weighted by Gasteiger charge is 2.50. The highest BCUT2D eigenvalue weighted by Crippen LogP contribution is 2.55. The summed E-state index contributed by atoms with van der Waals surface area (Å²) in [6, 6.07) is 7.93. The average molecular weight is 373 g/mol. The maximum atomic E-state index is 13.3. The second-order valence-electron chi connectivity index (χ2n) is 7.72. The van der Waals surface area contributed by atoms with Gasteiger partial charge in [-0.3, -0.25) is 4.79 Å². The van der Waals surface area contributed by atoms with Crippen LogP contribution in [0.25, 0.3) is 0 Å². The van der Waals surface area contributed by atoms with Crippen LogP contribution >= 0.6 is 22.9 Å². The molecule has 0 fully saturated rings. The Hall–Kier alpha value is -1.65. The molecule has 1 N–H and O–H groups in total. The van der Waals surface area contributed by atoms with Gasteiger partial charge in [0.05, 0.1) is 15.8 Å². The second kappa shape index (κ2) is 5.68. The molecule has 0 bridgehead atoms. The largest absolute Gasteiger partial charge is 0.342 e. The van der Waals surface area contributed by atoms with Crippen molar-refractivity contribution in [3.05, 3.63) is 56.5 Å². The first-order valence-corrected chi connectivity index (χ1v) is 9.87. The molecule has 130 valence electrons. The predicted octanol–water partition coefficient (Wildman–Crippen LogP) is 5.56. The number of allylic oxidation sites excluding steroid dienone is 2. The van der Waals surface area contributed by atoms with Gasteiger partial charge in [-0.1, -0.05) is 44.5 Å². The van der Waals surface area contributed by atoms with E-state index in [1.165, 1.54) is 0 Å². The number of hydrogen-bond acceptors (Lipinski definition) is 4. The molecular weight excluding hydrogens is 352 g/mol. The van der Waals surface area contributed by atoms with Crippen LogP contribution < -0.4 is 5.32 Å². The van der Waals surface area contributed by atoms with Crippen molar-refractivity contribution in [1.29, 1.82) is 0 Å². The van der Waals surface area contributed by atoms with E-state index in [2.05, 4.69) is 37.1 Å². The molecule has 2 aromatic rings. The van der Waals surface area contributed by atoms with Gasteiger partial charge in [0.25, 0.3) is 0 Å². The summed E-state index contributed by atoms with van der Waals surface area (Å²) in [5.41, 5.74) is 4.38. The molecule has 0 spiro atoms. The Morgan fingerprint density at radius 3 is 2.84 bits per heavy atom. The Labute approximate surface area is 157 Å². The molecule has 0 radical (unpaired) electrons. The predicted molar refractivity (Wildman–Crippen MR) is 103 cm³/mol. The summed E-state index contributed by atoms with van der Waals surface area (Å²) in [4.78, 5) is 18.9. The highest BCUT2D eigenvalue weighted by atomic mass is 35.5. The lowest BCUT2D eigenvalue weighted by Gasteiger charge is -2.44. The van der Waals surface area contributed by atoms with E-state index in [1.807, 2.05) is 23.7 Å². The molecule has 1 aromatic carbocycles. The number of halogens is 1. The minimum Gasteiger partial charge on any atom is -0.342 e. The van der Waals surface area contributed by atoms with Crippen molar-refractivity contribution in [2.24, 2.45) is 5.41 Å². The molecule has 3 nitrogen and oxygen atoms in total. The second-order valence-corrected chi connectivity index (χ2v) is 9.01. The van der Waals surface area contributed by atoms with Gasteiger partial charge in [-0.25, -0.2) is 4.98 Å². The smallest absolute Gasteiger partial charge is 0.162 e. The number of Topliss-reactive ketones (excluding diaryl/α,β-unsaturated/α-hetero) is 1. The van der Waals surface area contributed by atoms with Crippen LogP contribution in [0.15, 0.2) is 41.0 Å². The number of carbonyl (C=O) groups excluding carboxylic acids is 1. The van der Waals surface area contributed by atoms with E-state index in [9.17, 15) is 4.79 Å². The minimum absolute atomic E-state index is 0.0374. The van der Waals surface area contributed by atoms with Gasteiger partial charge in [0.2, 0.25) is 0 Å². The molecule has 25 heavy (non-hydrogen) atoms. The van der Waals surface area contributed by atoms with E-state index in [-0.39, 0.29) is 11.2 Å². The van der Waals surface area contributed by atoms with Crippen molar-refractivity contribution in [2.45, 2.75) is 45.4 Å². The third-order valence-corrected chi connectivity index (χ3v) is 6.60. The fraction of sp³-hybridized carbons (Fsp3) is 0.400. The van der Waals surface area contributed by atoms with Crippen LogP contribution in [0.5, 0.6) is 0 Å². The Balaban J connectivity index is 2.04. The van der Waals surface area contributed by atoms with Crippen molar-refractivity contribution < 1.29 is 4.79 Å². The van der Waals surface area contributed by atoms with Gasteiger partial charge >= 0.3 is 0 Å². The zero-order valence-electron chi connectivity index (χ0n) is 14.6. The number of nitrogens with zero attached hydrogens (tertiary/aromatic N) is 1. The third kappa shape index (κ3) is 2.46. The number of rotatable bonds is 2. The highest BCUT2D eigenvalue weighted by molar-refractivity contribution is 7.10. The molecule has 2 aliphatic rings. The lowest BCUT2D eigenvalue weighted by atomic mass is 9.62. The summed E-state index contributed by atoms with van der Waals surface area (Å²) in [5.74, 6) is 1.12.